The van der Waals surface area contributed by atoms with E-state index in [2.05, 4.69) is 6.08 Å². The first-order valence-corrected chi connectivity index (χ1v) is 9.03. The Morgan fingerprint density at radius 2 is 1.91 bits per heavy atom. The van der Waals surface area contributed by atoms with Crippen molar-refractivity contribution in [2.45, 2.75) is 57.0 Å². The highest BCUT2D eigenvalue weighted by Gasteiger charge is 2.64. The minimum Gasteiger partial charge on any atom is -0.395 e. The van der Waals surface area contributed by atoms with Crippen LogP contribution in [0, 0.1) is 6.92 Å². The average molecular weight is 323 g/mol. The summed E-state index contributed by atoms with van der Waals surface area (Å²) >= 11 is 0. The third-order valence-electron chi connectivity index (χ3n) is 4.39. The van der Waals surface area contributed by atoms with Gasteiger partial charge in [-0.2, -0.15) is 4.31 Å². The number of benzene rings is 1. The summed E-state index contributed by atoms with van der Waals surface area (Å²) < 4.78 is 27.0. The number of rotatable bonds is 6. The van der Waals surface area contributed by atoms with Crippen molar-refractivity contribution in [1.29, 1.82) is 0 Å². The van der Waals surface area contributed by atoms with Gasteiger partial charge in [0, 0.05) is 0 Å². The third-order valence-corrected chi connectivity index (χ3v) is 6.45. The standard InChI is InChI=1S/C17H25NO3S/c1-13(2)6-5-11-17(4)16(12-19)18(17)22(20,21)15-9-7-14(3)8-10-15/h6-10,16,19H,5,11-12H2,1-4H3/t16-,17?,18?/m1/s1. The smallest absolute Gasteiger partial charge is 0.244 e. The molecular formula is C17H25NO3S. The van der Waals surface area contributed by atoms with Gasteiger partial charge in [-0.1, -0.05) is 29.3 Å². The van der Waals surface area contributed by atoms with Crippen molar-refractivity contribution < 1.29 is 13.5 Å². The van der Waals surface area contributed by atoms with Gasteiger partial charge in [0.15, 0.2) is 0 Å². The quantitative estimate of drug-likeness (QED) is 0.647. The Balaban J connectivity index is 2.23. The zero-order chi connectivity index (χ0) is 16.5. The highest BCUT2D eigenvalue weighted by atomic mass is 32.2. The highest BCUT2D eigenvalue weighted by Crippen LogP contribution is 2.48. The minimum atomic E-state index is -3.55. The van der Waals surface area contributed by atoms with Gasteiger partial charge in [0.25, 0.3) is 0 Å². The molecule has 0 aliphatic carbocycles. The number of allylic oxidation sites excluding steroid dienone is 2. The van der Waals surface area contributed by atoms with Crippen molar-refractivity contribution in [1.82, 2.24) is 4.31 Å². The fourth-order valence-corrected chi connectivity index (χ4v) is 4.99. The lowest BCUT2D eigenvalue weighted by Crippen LogP contribution is -2.21. The lowest BCUT2D eigenvalue weighted by atomic mass is 10.0. The SMILES string of the molecule is CC(C)=CCCC1(C)[C@@H](CO)N1S(=O)(=O)c1ccc(C)cc1. The van der Waals surface area contributed by atoms with Gasteiger partial charge in [-0.3, -0.25) is 0 Å². The van der Waals surface area contributed by atoms with E-state index in [-0.39, 0.29) is 12.6 Å². The molecule has 5 heteroatoms. The van der Waals surface area contributed by atoms with Crippen LogP contribution >= 0.6 is 0 Å². The van der Waals surface area contributed by atoms with Crippen LogP contribution in [0.25, 0.3) is 0 Å². The zero-order valence-electron chi connectivity index (χ0n) is 13.7. The monoisotopic (exact) mass is 323 g/mol. The van der Waals surface area contributed by atoms with Gasteiger partial charge in [-0.25, -0.2) is 8.42 Å². The maximum atomic E-state index is 12.8. The molecule has 1 aliphatic heterocycles. The van der Waals surface area contributed by atoms with Crippen molar-refractivity contribution in [3.8, 4) is 0 Å². The molecule has 0 bridgehead atoms. The van der Waals surface area contributed by atoms with E-state index < -0.39 is 15.6 Å². The third kappa shape index (κ3) is 3.12. The largest absolute Gasteiger partial charge is 0.395 e. The second-order valence-electron chi connectivity index (χ2n) is 6.49. The number of aryl methyl sites for hydroxylation is 1. The molecule has 1 aromatic rings. The Hall–Kier alpha value is -1.17. The minimum absolute atomic E-state index is 0.142. The van der Waals surface area contributed by atoms with E-state index in [0.717, 1.165) is 12.0 Å². The van der Waals surface area contributed by atoms with Crippen LogP contribution in [-0.2, 0) is 10.0 Å². The molecule has 122 valence electrons. The summed E-state index contributed by atoms with van der Waals surface area (Å²) in [6.07, 6.45) is 3.64. The first-order chi connectivity index (χ1) is 10.2. The van der Waals surface area contributed by atoms with Crippen molar-refractivity contribution in [2.75, 3.05) is 6.61 Å². The Bertz CT molecular complexity index is 660. The Morgan fingerprint density at radius 3 is 2.41 bits per heavy atom. The summed E-state index contributed by atoms with van der Waals surface area (Å²) in [5, 5.41) is 9.55. The van der Waals surface area contributed by atoms with Crippen LogP contribution in [0.3, 0.4) is 0 Å². The predicted molar refractivity (Wildman–Crippen MR) is 88.1 cm³/mol. The highest BCUT2D eigenvalue weighted by molar-refractivity contribution is 7.89. The second-order valence-corrected chi connectivity index (χ2v) is 8.30. The molecule has 1 saturated heterocycles. The number of sulfonamides is 1. The van der Waals surface area contributed by atoms with Gasteiger partial charge in [0.1, 0.15) is 0 Å². The fraction of sp³-hybridized carbons (Fsp3) is 0.529. The molecule has 1 heterocycles. The topological polar surface area (TPSA) is 57.4 Å². The van der Waals surface area contributed by atoms with Gasteiger partial charge in [-0.15, -0.1) is 0 Å². The number of nitrogens with zero attached hydrogens (tertiary/aromatic N) is 1. The maximum Gasteiger partial charge on any atom is 0.244 e. The molecule has 0 amide bonds. The molecule has 0 spiro atoms. The molecule has 22 heavy (non-hydrogen) atoms. The molecule has 2 rings (SSSR count). The van der Waals surface area contributed by atoms with Crippen molar-refractivity contribution >= 4 is 10.0 Å². The first-order valence-electron chi connectivity index (χ1n) is 7.59. The van der Waals surface area contributed by atoms with Crippen LogP contribution in [0.2, 0.25) is 0 Å². The molecule has 0 aromatic heterocycles. The van der Waals surface area contributed by atoms with E-state index in [0.29, 0.717) is 11.3 Å². The molecular weight excluding hydrogens is 298 g/mol. The lowest BCUT2D eigenvalue weighted by molar-refractivity contribution is 0.283. The Kier molecular flexibility index (Phi) is 4.80. The number of hydrogen-bond acceptors (Lipinski definition) is 3. The molecule has 1 N–H and O–H groups in total. The zero-order valence-corrected chi connectivity index (χ0v) is 14.5. The summed E-state index contributed by atoms with van der Waals surface area (Å²) in [4.78, 5) is 0.294. The average Bonchev–Trinajstić information content (AvgIpc) is 3.04. The van der Waals surface area contributed by atoms with Crippen LogP contribution in [0.15, 0.2) is 40.8 Å². The van der Waals surface area contributed by atoms with Crippen molar-refractivity contribution in [3.63, 3.8) is 0 Å². The van der Waals surface area contributed by atoms with Crippen LogP contribution in [0.5, 0.6) is 0 Å². The molecule has 1 aliphatic rings. The van der Waals surface area contributed by atoms with E-state index in [4.69, 9.17) is 0 Å². The first kappa shape index (κ1) is 17.2. The molecule has 1 aromatic carbocycles. The van der Waals surface area contributed by atoms with E-state index in [1.807, 2.05) is 27.7 Å². The summed E-state index contributed by atoms with van der Waals surface area (Å²) in [6.45, 7) is 7.75. The van der Waals surface area contributed by atoms with Crippen LogP contribution in [0.1, 0.15) is 39.2 Å². The van der Waals surface area contributed by atoms with E-state index >= 15 is 0 Å². The summed E-state index contributed by atoms with van der Waals surface area (Å²) in [7, 11) is -3.55. The second kappa shape index (κ2) is 6.14. The molecule has 0 saturated carbocycles. The summed E-state index contributed by atoms with van der Waals surface area (Å²) in [5.41, 5.74) is 1.75. The van der Waals surface area contributed by atoms with Crippen molar-refractivity contribution in [3.05, 3.63) is 41.5 Å². The maximum absolute atomic E-state index is 12.8. The predicted octanol–water partition coefficient (Wildman–Crippen LogP) is 2.87. The van der Waals surface area contributed by atoms with Gasteiger partial charge < -0.3 is 5.11 Å². The number of hydrogen-bond donors (Lipinski definition) is 1. The van der Waals surface area contributed by atoms with Gasteiger partial charge in [-0.05, 0) is 52.7 Å². The van der Waals surface area contributed by atoms with Crippen LogP contribution in [0.4, 0.5) is 0 Å². The molecule has 3 atom stereocenters. The van der Waals surface area contributed by atoms with E-state index in [1.54, 1.807) is 24.3 Å². The summed E-state index contributed by atoms with van der Waals surface area (Å²) in [6, 6.07) is 6.53. The van der Waals surface area contributed by atoms with Crippen LogP contribution in [-0.4, -0.2) is 36.0 Å². The molecule has 2 unspecified atom stereocenters. The fourth-order valence-electron chi connectivity index (χ4n) is 2.94. The Labute approximate surface area is 133 Å². The molecule has 4 nitrogen and oxygen atoms in total. The van der Waals surface area contributed by atoms with E-state index in [1.165, 1.54) is 9.88 Å². The normalized spacial score (nSPS) is 27.5. The van der Waals surface area contributed by atoms with Crippen molar-refractivity contribution in [2.24, 2.45) is 0 Å². The summed E-state index contributed by atoms with van der Waals surface area (Å²) in [5.74, 6) is 0. The van der Waals surface area contributed by atoms with E-state index in [9.17, 15) is 13.5 Å². The lowest BCUT2D eigenvalue weighted by Gasteiger charge is -2.12. The molecule has 1 fully saturated rings. The van der Waals surface area contributed by atoms with Gasteiger partial charge in [0.05, 0.1) is 23.1 Å². The Morgan fingerprint density at radius 1 is 1.32 bits per heavy atom. The number of aliphatic hydroxyl groups is 1. The van der Waals surface area contributed by atoms with Gasteiger partial charge >= 0.3 is 0 Å². The molecule has 0 radical (unpaired) electrons. The van der Waals surface area contributed by atoms with Gasteiger partial charge in [0.2, 0.25) is 10.0 Å². The number of aliphatic hydroxyl groups excluding tert-OH is 1. The van der Waals surface area contributed by atoms with Crippen LogP contribution < -0.4 is 0 Å².